The molecule has 1 aliphatic rings. The van der Waals surface area contributed by atoms with Crippen LogP contribution in [0, 0.1) is 0 Å². The molecule has 7 heteroatoms. The van der Waals surface area contributed by atoms with Gasteiger partial charge in [-0.25, -0.2) is 0 Å². The highest BCUT2D eigenvalue weighted by molar-refractivity contribution is 9.10. The Balaban J connectivity index is 1.60. The maximum Gasteiger partial charge on any atom is 0.261 e. The van der Waals surface area contributed by atoms with E-state index in [2.05, 4.69) is 57.9 Å². The molecule has 0 heterocycles. The quantitative estimate of drug-likeness (QED) is 0.236. The maximum atomic E-state index is 14.0. The molecule has 0 spiro atoms. The van der Waals surface area contributed by atoms with Gasteiger partial charge < -0.3 is 15.0 Å². The second-order valence-corrected chi connectivity index (χ2v) is 13.7. The number of nitrogens with zero attached hydrogens (tertiary/aromatic N) is 1. The minimum Gasteiger partial charge on any atom is -0.483 e. The van der Waals surface area contributed by atoms with Gasteiger partial charge in [0.05, 0.1) is 4.47 Å². The third-order valence-electron chi connectivity index (χ3n) is 7.64. The molecular weight excluding hydrogens is 644 g/mol. The van der Waals surface area contributed by atoms with Crippen LogP contribution >= 0.6 is 31.9 Å². The zero-order valence-corrected chi connectivity index (χ0v) is 27.3. The minimum absolute atomic E-state index is 0.00526. The van der Waals surface area contributed by atoms with E-state index in [0.29, 0.717) is 18.7 Å². The van der Waals surface area contributed by atoms with Gasteiger partial charge in [-0.1, -0.05) is 104 Å². The Morgan fingerprint density at radius 1 is 0.927 bits per heavy atom. The molecule has 2 amide bonds. The molecule has 0 bridgehead atoms. The zero-order valence-electron chi connectivity index (χ0n) is 24.2. The topological polar surface area (TPSA) is 58.6 Å². The number of carbonyl (C=O) groups excluding carboxylic acids is 2. The molecule has 0 unspecified atom stereocenters. The first-order chi connectivity index (χ1) is 19.6. The normalized spacial score (nSPS) is 14.8. The molecular formula is C34H40Br2N2O3. The Bertz CT molecular complexity index is 1300. The SMILES string of the molecule is CC(C)(C)c1ccc(OCC(=O)N(Cc2ccc(Br)cc2)[C@H](Cc2ccccc2)C(=O)NC2CCCCC2)c(Br)c1. The van der Waals surface area contributed by atoms with Gasteiger partial charge >= 0.3 is 0 Å². The third-order valence-corrected chi connectivity index (χ3v) is 8.79. The van der Waals surface area contributed by atoms with Crippen molar-refractivity contribution >= 4 is 43.7 Å². The smallest absolute Gasteiger partial charge is 0.261 e. The van der Waals surface area contributed by atoms with Gasteiger partial charge in [-0.15, -0.1) is 0 Å². The lowest BCUT2D eigenvalue weighted by Gasteiger charge is -2.33. The van der Waals surface area contributed by atoms with Crippen molar-refractivity contribution in [2.75, 3.05) is 6.61 Å². The third kappa shape index (κ3) is 9.17. The molecule has 1 atom stereocenters. The standard InChI is InChI=1S/C34H40Br2N2O3/c1-34(2,3)26-16-19-31(29(36)21-26)41-23-32(39)38(22-25-14-17-27(35)18-15-25)30(20-24-10-6-4-7-11-24)33(40)37-28-12-8-5-9-13-28/h4,6-7,10-11,14-19,21,28,30H,5,8-9,12-13,20,22-23H2,1-3H3,(H,37,40)/t30-/m1/s1. The molecule has 5 nitrogen and oxygen atoms in total. The van der Waals surface area contributed by atoms with E-state index < -0.39 is 6.04 Å². The van der Waals surface area contributed by atoms with Crippen molar-refractivity contribution in [1.29, 1.82) is 0 Å². The van der Waals surface area contributed by atoms with Gasteiger partial charge in [0.2, 0.25) is 5.91 Å². The van der Waals surface area contributed by atoms with Crippen molar-refractivity contribution in [3.8, 4) is 5.75 Å². The van der Waals surface area contributed by atoms with Gasteiger partial charge in [0, 0.05) is 23.5 Å². The van der Waals surface area contributed by atoms with Gasteiger partial charge in [0.1, 0.15) is 11.8 Å². The van der Waals surface area contributed by atoms with Crippen LogP contribution in [-0.2, 0) is 28.0 Å². The fraction of sp³-hybridized carbons (Fsp3) is 0.412. The van der Waals surface area contributed by atoms with Crippen LogP contribution in [0.4, 0.5) is 0 Å². The van der Waals surface area contributed by atoms with E-state index in [1.165, 1.54) is 12.0 Å². The molecule has 41 heavy (non-hydrogen) atoms. The van der Waals surface area contributed by atoms with Crippen LogP contribution in [0.1, 0.15) is 69.6 Å². The van der Waals surface area contributed by atoms with E-state index in [4.69, 9.17) is 4.74 Å². The molecule has 0 saturated heterocycles. The summed E-state index contributed by atoms with van der Waals surface area (Å²) in [5.74, 6) is 0.252. The Labute approximate surface area is 261 Å². The minimum atomic E-state index is -0.675. The Morgan fingerprint density at radius 3 is 2.24 bits per heavy atom. The van der Waals surface area contributed by atoms with Gasteiger partial charge in [0.15, 0.2) is 6.61 Å². The van der Waals surface area contributed by atoms with E-state index in [1.54, 1.807) is 4.90 Å². The van der Waals surface area contributed by atoms with Crippen LogP contribution in [0.25, 0.3) is 0 Å². The molecule has 1 N–H and O–H groups in total. The van der Waals surface area contributed by atoms with E-state index in [1.807, 2.05) is 72.8 Å². The van der Waals surface area contributed by atoms with Gasteiger partial charge in [-0.2, -0.15) is 0 Å². The van der Waals surface area contributed by atoms with Gasteiger partial charge in [-0.05, 0) is 75.1 Å². The van der Waals surface area contributed by atoms with Crippen molar-refractivity contribution in [1.82, 2.24) is 10.2 Å². The lowest BCUT2D eigenvalue weighted by Crippen LogP contribution is -2.53. The zero-order chi connectivity index (χ0) is 29.4. The molecule has 1 fully saturated rings. The number of nitrogens with one attached hydrogen (secondary N) is 1. The average Bonchev–Trinajstić information content (AvgIpc) is 2.95. The molecule has 0 radical (unpaired) electrons. The van der Waals surface area contributed by atoms with E-state index in [-0.39, 0.29) is 29.9 Å². The fourth-order valence-corrected chi connectivity index (χ4v) is 5.95. The molecule has 0 aliphatic heterocycles. The number of benzene rings is 3. The number of halogens is 2. The van der Waals surface area contributed by atoms with Gasteiger partial charge in [0.25, 0.3) is 5.91 Å². The second kappa shape index (κ2) is 14.5. The number of carbonyl (C=O) groups is 2. The van der Waals surface area contributed by atoms with Crippen molar-refractivity contribution in [3.63, 3.8) is 0 Å². The monoisotopic (exact) mass is 682 g/mol. The van der Waals surface area contributed by atoms with Crippen LogP contribution in [0.15, 0.2) is 81.7 Å². The largest absolute Gasteiger partial charge is 0.483 e. The molecule has 218 valence electrons. The van der Waals surface area contributed by atoms with Crippen molar-refractivity contribution < 1.29 is 14.3 Å². The molecule has 0 aromatic heterocycles. The Morgan fingerprint density at radius 2 is 1.61 bits per heavy atom. The average molecular weight is 685 g/mol. The number of rotatable bonds is 10. The van der Waals surface area contributed by atoms with Crippen LogP contribution in [0.5, 0.6) is 5.75 Å². The molecule has 3 aromatic carbocycles. The summed E-state index contributed by atoms with van der Waals surface area (Å²) in [7, 11) is 0. The van der Waals surface area contributed by atoms with E-state index in [0.717, 1.165) is 45.8 Å². The number of hydrogen-bond acceptors (Lipinski definition) is 3. The summed E-state index contributed by atoms with van der Waals surface area (Å²) < 4.78 is 7.82. The predicted molar refractivity (Wildman–Crippen MR) is 172 cm³/mol. The summed E-state index contributed by atoms with van der Waals surface area (Å²) in [6.07, 6.45) is 5.82. The first-order valence-corrected chi connectivity index (χ1v) is 16.0. The molecule has 1 saturated carbocycles. The Hall–Kier alpha value is -2.64. The molecule has 4 rings (SSSR count). The maximum absolute atomic E-state index is 14.0. The van der Waals surface area contributed by atoms with Crippen molar-refractivity contribution in [3.05, 3.63) is 98.4 Å². The van der Waals surface area contributed by atoms with Crippen molar-refractivity contribution in [2.45, 2.75) is 83.3 Å². The summed E-state index contributed by atoms with van der Waals surface area (Å²) in [6.45, 7) is 6.60. The number of hydrogen-bond donors (Lipinski definition) is 1. The summed E-state index contributed by atoms with van der Waals surface area (Å²) in [4.78, 5) is 29.5. The van der Waals surface area contributed by atoms with E-state index in [9.17, 15) is 9.59 Å². The predicted octanol–water partition coefficient (Wildman–Crippen LogP) is 7.98. The molecule has 1 aliphatic carbocycles. The fourth-order valence-electron chi connectivity index (χ4n) is 5.19. The number of ether oxygens (including phenoxy) is 1. The van der Waals surface area contributed by atoms with Crippen LogP contribution < -0.4 is 10.1 Å². The second-order valence-electron chi connectivity index (χ2n) is 11.9. The highest BCUT2D eigenvalue weighted by atomic mass is 79.9. The van der Waals surface area contributed by atoms with Crippen LogP contribution in [-0.4, -0.2) is 35.4 Å². The first kappa shape index (κ1) is 31.3. The summed E-state index contributed by atoms with van der Waals surface area (Å²) in [5.41, 5.74) is 3.11. The number of amides is 2. The summed E-state index contributed by atoms with van der Waals surface area (Å²) >= 11 is 7.12. The highest BCUT2D eigenvalue weighted by Crippen LogP contribution is 2.31. The van der Waals surface area contributed by atoms with Crippen LogP contribution in [0.2, 0.25) is 0 Å². The van der Waals surface area contributed by atoms with Gasteiger partial charge in [-0.3, -0.25) is 9.59 Å². The Kier molecular flexibility index (Phi) is 11.1. The summed E-state index contributed by atoms with van der Waals surface area (Å²) in [6, 6.07) is 23.2. The summed E-state index contributed by atoms with van der Waals surface area (Å²) in [5, 5.41) is 3.28. The lowest BCUT2D eigenvalue weighted by molar-refractivity contribution is -0.143. The van der Waals surface area contributed by atoms with Crippen LogP contribution in [0.3, 0.4) is 0 Å². The van der Waals surface area contributed by atoms with Crippen molar-refractivity contribution in [2.24, 2.45) is 0 Å². The first-order valence-electron chi connectivity index (χ1n) is 14.4. The highest BCUT2D eigenvalue weighted by Gasteiger charge is 2.32. The molecule has 3 aromatic rings. The lowest BCUT2D eigenvalue weighted by atomic mass is 9.87. The van der Waals surface area contributed by atoms with E-state index >= 15 is 0 Å².